The molecular formula is C15H20O4. The van der Waals surface area contributed by atoms with Crippen molar-refractivity contribution in [3.63, 3.8) is 0 Å². The highest BCUT2D eigenvalue weighted by molar-refractivity contribution is 5.92. The van der Waals surface area contributed by atoms with Gasteiger partial charge < -0.3 is 9.84 Å². The molecule has 0 aromatic rings. The SMILES string of the molecule is C=C1C(=O)OCC1[C@@H](O)/C=C(\C)CC(=O)C=C(C)C. The van der Waals surface area contributed by atoms with Crippen molar-refractivity contribution in [2.24, 2.45) is 5.92 Å². The van der Waals surface area contributed by atoms with Gasteiger partial charge in [-0.05, 0) is 26.8 Å². The van der Waals surface area contributed by atoms with Gasteiger partial charge in [0.05, 0.1) is 12.0 Å². The lowest BCUT2D eigenvalue weighted by atomic mass is 9.95. The predicted molar refractivity (Wildman–Crippen MR) is 72.4 cm³/mol. The number of allylic oxidation sites excluding steroid dienone is 3. The number of carbonyl (C=O) groups is 2. The molecule has 104 valence electrons. The lowest BCUT2D eigenvalue weighted by Gasteiger charge is -2.13. The van der Waals surface area contributed by atoms with E-state index < -0.39 is 18.0 Å². The molecule has 2 atom stereocenters. The van der Waals surface area contributed by atoms with E-state index in [1.54, 1.807) is 19.1 Å². The van der Waals surface area contributed by atoms with Crippen molar-refractivity contribution < 1.29 is 19.4 Å². The number of cyclic esters (lactones) is 1. The normalized spacial score (nSPS) is 21.1. The lowest BCUT2D eigenvalue weighted by Crippen LogP contribution is -2.20. The Bertz CT molecular complexity index is 453. The number of hydrogen-bond acceptors (Lipinski definition) is 4. The van der Waals surface area contributed by atoms with Crippen molar-refractivity contribution in [1.29, 1.82) is 0 Å². The summed E-state index contributed by atoms with van der Waals surface area (Å²) in [5.74, 6) is -0.879. The third kappa shape index (κ3) is 4.48. The Morgan fingerprint density at radius 1 is 1.53 bits per heavy atom. The van der Waals surface area contributed by atoms with Crippen molar-refractivity contribution >= 4 is 11.8 Å². The van der Waals surface area contributed by atoms with Crippen molar-refractivity contribution in [2.75, 3.05) is 6.61 Å². The number of hydrogen-bond donors (Lipinski definition) is 1. The minimum Gasteiger partial charge on any atom is -0.462 e. The second kappa shape index (κ2) is 6.48. The first-order valence-electron chi connectivity index (χ1n) is 6.20. The van der Waals surface area contributed by atoms with Crippen LogP contribution in [0.2, 0.25) is 0 Å². The number of esters is 1. The van der Waals surface area contributed by atoms with Crippen LogP contribution >= 0.6 is 0 Å². The van der Waals surface area contributed by atoms with Crippen LogP contribution in [-0.2, 0) is 14.3 Å². The summed E-state index contributed by atoms with van der Waals surface area (Å²) in [6.07, 6.45) is 2.58. The highest BCUT2D eigenvalue weighted by Gasteiger charge is 2.33. The molecule has 1 N–H and O–H groups in total. The molecule has 1 rings (SSSR count). The van der Waals surface area contributed by atoms with Gasteiger partial charge in [-0.2, -0.15) is 0 Å². The highest BCUT2D eigenvalue weighted by Crippen LogP contribution is 2.24. The Kier molecular flexibility index (Phi) is 5.24. The monoisotopic (exact) mass is 264 g/mol. The van der Waals surface area contributed by atoms with Crippen LogP contribution in [0.5, 0.6) is 0 Å². The summed E-state index contributed by atoms with van der Waals surface area (Å²) in [7, 11) is 0. The Morgan fingerprint density at radius 2 is 2.16 bits per heavy atom. The second-order valence-corrected chi connectivity index (χ2v) is 5.10. The zero-order chi connectivity index (χ0) is 14.6. The van der Waals surface area contributed by atoms with Crippen LogP contribution < -0.4 is 0 Å². The number of carbonyl (C=O) groups excluding carboxylic acids is 2. The van der Waals surface area contributed by atoms with Crippen LogP contribution in [0.25, 0.3) is 0 Å². The fraction of sp³-hybridized carbons (Fsp3) is 0.467. The first kappa shape index (κ1) is 15.4. The number of aliphatic hydroxyl groups excluding tert-OH is 1. The topological polar surface area (TPSA) is 63.6 Å². The van der Waals surface area contributed by atoms with Crippen molar-refractivity contribution in [3.05, 3.63) is 35.5 Å². The van der Waals surface area contributed by atoms with Crippen molar-refractivity contribution in [2.45, 2.75) is 33.3 Å². The lowest BCUT2D eigenvalue weighted by molar-refractivity contribution is -0.135. The third-order valence-corrected chi connectivity index (χ3v) is 2.87. The van der Waals surface area contributed by atoms with Gasteiger partial charge in [-0.25, -0.2) is 4.79 Å². The number of rotatable bonds is 5. The molecule has 1 unspecified atom stereocenters. The molecular weight excluding hydrogens is 244 g/mol. The fourth-order valence-corrected chi connectivity index (χ4v) is 1.93. The van der Waals surface area contributed by atoms with E-state index >= 15 is 0 Å². The van der Waals surface area contributed by atoms with Gasteiger partial charge >= 0.3 is 5.97 Å². The largest absolute Gasteiger partial charge is 0.462 e. The summed E-state index contributed by atoms with van der Waals surface area (Å²) >= 11 is 0. The molecule has 0 amide bonds. The summed E-state index contributed by atoms with van der Waals surface area (Å²) in [5, 5.41) is 10.0. The fourth-order valence-electron chi connectivity index (χ4n) is 1.93. The maximum Gasteiger partial charge on any atom is 0.333 e. The first-order chi connectivity index (χ1) is 8.81. The van der Waals surface area contributed by atoms with Gasteiger partial charge in [0.15, 0.2) is 5.78 Å². The summed E-state index contributed by atoms with van der Waals surface area (Å²) < 4.78 is 4.81. The van der Waals surface area contributed by atoms with Gasteiger partial charge in [-0.1, -0.05) is 23.8 Å². The smallest absolute Gasteiger partial charge is 0.333 e. The van der Waals surface area contributed by atoms with Crippen LogP contribution in [0.4, 0.5) is 0 Å². The quantitative estimate of drug-likeness (QED) is 0.468. The molecule has 1 aliphatic heterocycles. The van der Waals surface area contributed by atoms with Crippen molar-refractivity contribution in [3.8, 4) is 0 Å². The molecule has 19 heavy (non-hydrogen) atoms. The number of ketones is 1. The molecule has 4 heteroatoms. The van der Waals surface area contributed by atoms with E-state index in [9.17, 15) is 14.7 Å². The van der Waals surface area contributed by atoms with E-state index in [0.717, 1.165) is 11.1 Å². The third-order valence-electron chi connectivity index (χ3n) is 2.87. The molecule has 0 bridgehead atoms. The van der Waals surface area contributed by atoms with Gasteiger partial charge in [0.1, 0.15) is 6.61 Å². The molecule has 1 saturated heterocycles. The van der Waals surface area contributed by atoms with E-state index in [0.29, 0.717) is 0 Å². The van der Waals surface area contributed by atoms with E-state index in [1.807, 2.05) is 13.8 Å². The molecule has 1 heterocycles. The molecule has 1 aliphatic rings. The van der Waals surface area contributed by atoms with Crippen LogP contribution in [0.1, 0.15) is 27.2 Å². The number of aliphatic hydroxyl groups is 1. The molecule has 0 saturated carbocycles. The molecule has 0 aromatic heterocycles. The molecule has 4 nitrogen and oxygen atoms in total. The van der Waals surface area contributed by atoms with Crippen LogP contribution in [0.15, 0.2) is 35.5 Å². The van der Waals surface area contributed by atoms with E-state index in [1.165, 1.54) is 0 Å². The Balaban J connectivity index is 2.64. The van der Waals surface area contributed by atoms with Gasteiger partial charge in [-0.15, -0.1) is 0 Å². The predicted octanol–water partition coefficient (Wildman–Crippen LogP) is 1.95. The van der Waals surface area contributed by atoms with Gasteiger partial charge in [0.2, 0.25) is 0 Å². The average molecular weight is 264 g/mol. The van der Waals surface area contributed by atoms with Crippen LogP contribution in [0, 0.1) is 5.92 Å². The Labute approximate surface area is 113 Å². The van der Waals surface area contributed by atoms with Crippen LogP contribution in [-0.4, -0.2) is 29.6 Å². The van der Waals surface area contributed by atoms with Gasteiger partial charge in [0, 0.05) is 12.0 Å². The van der Waals surface area contributed by atoms with Gasteiger partial charge in [0.25, 0.3) is 0 Å². The zero-order valence-electron chi connectivity index (χ0n) is 11.6. The maximum atomic E-state index is 11.6. The second-order valence-electron chi connectivity index (χ2n) is 5.10. The van der Waals surface area contributed by atoms with Crippen LogP contribution in [0.3, 0.4) is 0 Å². The molecule has 0 aliphatic carbocycles. The summed E-state index contributed by atoms with van der Waals surface area (Å²) in [6.45, 7) is 9.24. The zero-order valence-corrected chi connectivity index (χ0v) is 11.6. The van der Waals surface area contributed by atoms with Gasteiger partial charge in [-0.3, -0.25) is 4.79 Å². The molecule has 0 aromatic carbocycles. The summed E-state index contributed by atoms with van der Waals surface area (Å²) in [6, 6.07) is 0. The highest BCUT2D eigenvalue weighted by atomic mass is 16.5. The van der Waals surface area contributed by atoms with E-state index in [2.05, 4.69) is 6.58 Å². The number of ether oxygens (including phenoxy) is 1. The average Bonchev–Trinajstić information content (AvgIpc) is 2.57. The molecule has 0 radical (unpaired) electrons. The van der Waals surface area contributed by atoms with E-state index in [-0.39, 0.29) is 24.4 Å². The standard InChI is InChI=1S/C15H20O4/c1-9(2)5-12(16)6-10(3)7-14(17)13-8-19-15(18)11(13)4/h5,7,13-14,17H,4,6,8H2,1-3H3/b10-7+/t13?,14-/m0/s1. The maximum absolute atomic E-state index is 11.6. The Hall–Kier alpha value is -1.68. The minimum absolute atomic E-state index is 0.00137. The van der Waals surface area contributed by atoms with E-state index in [4.69, 9.17) is 4.74 Å². The minimum atomic E-state index is -0.849. The Morgan fingerprint density at radius 3 is 2.63 bits per heavy atom. The molecule has 1 fully saturated rings. The summed E-state index contributed by atoms with van der Waals surface area (Å²) in [5.41, 5.74) is 2.00. The molecule has 0 spiro atoms. The summed E-state index contributed by atoms with van der Waals surface area (Å²) in [4.78, 5) is 22.7. The van der Waals surface area contributed by atoms with Crippen molar-refractivity contribution in [1.82, 2.24) is 0 Å². The first-order valence-corrected chi connectivity index (χ1v) is 6.20.